The molecule has 4 aromatic rings. The van der Waals surface area contributed by atoms with E-state index in [2.05, 4.69) is 10.0 Å². The molecule has 0 amide bonds. The molecule has 3 N–H and O–H groups in total. The van der Waals surface area contributed by atoms with Crippen molar-refractivity contribution in [1.29, 1.82) is 0 Å². The highest BCUT2D eigenvalue weighted by molar-refractivity contribution is 7.92. The van der Waals surface area contributed by atoms with E-state index in [1.807, 2.05) is 61.5 Å². The van der Waals surface area contributed by atoms with Gasteiger partial charge < -0.3 is 10.1 Å². The minimum absolute atomic E-state index is 0.109. The van der Waals surface area contributed by atoms with Crippen LogP contribution in [-0.4, -0.2) is 45.5 Å². The Labute approximate surface area is 217 Å². The van der Waals surface area contributed by atoms with Crippen molar-refractivity contribution >= 4 is 59.0 Å². The second-order valence-corrected chi connectivity index (χ2v) is 11.7. The number of methoxy groups -OCH3 is 1. The third-order valence-corrected chi connectivity index (χ3v) is 6.71. The molecule has 0 aliphatic heterocycles. The van der Waals surface area contributed by atoms with Crippen molar-refractivity contribution in [3.8, 4) is 5.75 Å². The Bertz CT molecular complexity index is 1530. The van der Waals surface area contributed by atoms with E-state index in [-0.39, 0.29) is 5.75 Å². The summed E-state index contributed by atoms with van der Waals surface area (Å²) in [4.78, 5) is 4.76. The molecule has 1 aromatic heterocycles. The zero-order chi connectivity index (χ0) is 27.1. The van der Waals surface area contributed by atoms with Gasteiger partial charge in [-0.15, -0.1) is 0 Å². The van der Waals surface area contributed by atoms with Gasteiger partial charge in [-0.05, 0) is 30.7 Å². The van der Waals surface area contributed by atoms with Crippen LogP contribution in [0.2, 0.25) is 0 Å². The number of rotatable bonds is 9. The largest absolute Gasteiger partial charge is 0.494 e. The van der Waals surface area contributed by atoms with E-state index in [1.54, 1.807) is 19.2 Å². The highest BCUT2D eigenvalue weighted by atomic mass is 32.2. The number of hydrogen-bond acceptors (Lipinski definition) is 7. The van der Waals surface area contributed by atoms with Crippen LogP contribution >= 0.6 is 0 Å². The summed E-state index contributed by atoms with van der Waals surface area (Å²) in [5, 5.41) is 5.49. The first-order valence-electron chi connectivity index (χ1n) is 11.7. The summed E-state index contributed by atoms with van der Waals surface area (Å²) in [7, 11) is -5.49. The number of hydrogen-bond donors (Lipinski definition) is 3. The fourth-order valence-corrected chi connectivity index (χ4v) is 4.91. The zero-order valence-electron chi connectivity index (χ0n) is 20.9. The molecule has 198 valence electrons. The molecular weight excluding hydrogens is 514 g/mol. The molecule has 0 spiro atoms. The summed E-state index contributed by atoms with van der Waals surface area (Å²) < 4.78 is 58.8. The Kier molecular flexibility index (Phi) is 9.30. The van der Waals surface area contributed by atoms with Crippen LogP contribution in [0.1, 0.15) is 26.2 Å². The number of anilines is 3. The van der Waals surface area contributed by atoms with Gasteiger partial charge in [-0.25, -0.2) is 13.4 Å². The molecule has 0 saturated heterocycles. The van der Waals surface area contributed by atoms with Crippen LogP contribution in [0.3, 0.4) is 0 Å². The quantitative estimate of drug-likeness (QED) is 0.141. The smallest absolute Gasteiger partial charge is 0.261 e. The van der Waals surface area contributed by atoms with Crippen molar-refractivity contribution in [1.82, 2.24) is 4.98 Å². The number of nitrogens with zero attached hydrogens (tertiary/aromatic N) is 1. The van der Waals surface area contributed by atoms with Gasteiger partial charge in [0.2, 0.25) is 10.0 Å². The molecule has 3 aromatic carbocycles. The van der Waals surface area contributed by atoms with Gasteiger partial charge in [0.1, 0.15) is 5.75 Å². The van der Waals surface area contributed by atoms with Gasteiger partial charge in [0.25, 0.3) is 10.1 Å². The lowest BCUT2D eigenvalue weighted by Gasteiger charge is -2.17. The Balaban J connectivity index is 0.000000695. The first kappa shape index (κ1) is 28.2. The summed E-state index contributed by atoms with van der Waals surface area (Å²) in [6.45, 7) is 2.05. The molecular formula is C26H31N3O6S2. The van der Waals surface area contributed by atoms with Gasteiger partial charge in [-0.1, -0.05) is 56.2 Å². The van der Waals surface area contributed by atoms with Crippen LogP contribution in [0, 0.1) is 0 Å². The lowest BCUT2D eigenvalue weighted by molar-refractivity contribution is 0.417. The van der Waals surface area contributed by atoms with Crippen molar-refractivity contribution in [2.75, 3.05) is 29.2 Å². The van der Waals surface area contributed by atoms with Gasteiger partial charge in [0, 0.05) is 16.8 Å². The number of ether oxygens (including phenoxy) is 1. The van der Waals surface area contributed by atoms with E-state index >= 15 is 0 Å². The minimum atomic E-state index is -3.67. The van der Waals surface area contributed by atoms with E-state index in [0.717, 1.165) is 46.0 Å². The maximum atomic E-state index is 12.4. The van der Waals surface area contributed by atoms with Crippen molar-refractivity contribution in [2.24, 2.45) is 0 Å². The molecule has 0 bridgehead atoms. The van der Waals surface area contributed by atoms with E-state index in [9.17, 15) is 16.8 Å². The molecule has 37 heavy (non-hydrogen) atoms. The standard InChI is InChI=1S/C25H27N3O3S.CH4O3S/c1-3-4-9-16-32(29,30)28-18-14-15-23(24(17-18)31-2)27-25-19-10-5-7-12-21(19)26-22-13-8-6-11-20(22)25;1-5(2,3)4/h5-8,10-15,17,28H,3-4,9,16H2,1-2H3,(H,26,27);1H3,(H,2,3,4). The molecule has 1 heterocycles. The first-order chi connectivity index (χ1) is 17.5. The number of benzene rings is 3. The van der Waals surface area contributed by atoms with Crippen molar-refractivity contribution in [3.05, 3.63) is 66.7 Å². The van der Waals surface area contributed by atoms with Crippen molar-refractivity contribution < 1.29 is 26.1 Å². The van der Waals surface area contributed by atoms with Crippen LogP contribution in [0.25, 0.3) is 21.8 Å². The maximum absolute atomic E-state index is 12.4. The monoisotopic (exact) mass is 545 g/mol. The Hall–Kier alpha value is -3.41. The number of aromatic nitrogens is 1. The maximum Gasteiger partial charge on any atom is 0.261 e. The predicted octanol–water partition coefficient (Wildman–Crippen LogP) is 5.58. The molecule has 0 aliphatic carbocycles. The van der Waals surface area contributed by atoms with Gasteiger partial charge in [0.05, 0.1) is 47.2 Å². The highest BCUT2D eigenvalue weighted by Crippen LogP contribution is 2.37. The molecule has 0 atom stereocenters. The average Bonchev–Trinajstić information content (AvgIpc) is 2.83. The van der Waals surface area contributed by atoms with E-state index in [1.165, 1.54) is 0 Å². The Morgan fingerprint density at radius 3 is 2.00 bits per heavy atom. The topological polar surface area (TPSA) is 135 Å². The van der Waals surface area contributed by atoms with Crippen LogP contribution < -0.4 is 14.8 Å². The lowest BCUT2D eigenvalue weighted by Crippen LogP contribution is -2.16. The summed E-state index contributed by atoms with van der Waals surface area (Å²) >= 11 is 0. The summed E-state index contributed by atoms with van der Waals surface area (Å²) in [5.74, 6) is 0.654. The van der Waals surface area contributed by atoms with Gasteiger partial charge >= 0.3 is 0 Å². The SMILES string of the molecule is CCCCCS(=O)(=O)Nc1ccc(Nc2c3ccccc3nc3ccccc23)c(OC)c1.CS(=O)(=O)O. The number of nitrogens with one attached hydrogen (secondary N) is 2. The van der Waals surface area contributed by atoms with Gasteiger partial charge in [-0.2, -0.15) is 8.42 Å². The molecule has 4 rings (SSSR count). The Morgan fingerprint density at radius 1 is 0.892 bits per heavy atom. The Morgan fingerprint density at radius 2 is 1.46 bits per heavy atom. The molecule has 0 unspecified atom stereocenters. The van der Waals surface area contributed by atoms with Gasteiger partial charge in [-0.3, -0.25) is 9.27 Å². The van der Waals surface area contributed by atoms with Gasteiger partial charge in [0.15, 0.2) is 0 Å². The predicted molar refractivity (Wildman–Crippen MR) is 150 cm³/mol. The number of pyridine rings is 1. The third kappa shape index (κ3) is 8.31. The number of unbranched alkanes of at least 4 members (excludes halogenated alkanes) is 2. The number of para-hydroxylation sites is 2. The summed E-state index contributed by atoms with van der Waals surface area (Å²) in [6.07, 6.45) is 3.22. The van der Waals surface area contributed by atoms with Crippen LogP contribution in [0.5, 0.6) is 5.75 Å². The first-order valence-corrected chi connectivity index (χ1v) is 15.2. The summed E-state index contributed by atoms with van der Waals surface area (Å²) in [5.41, 5.74) is 3.93. The van der Waals surface area contributed by atoms with Crippen LogP contribution in [-0.2, 0) is 20.1 Å². The zero-order valence-corrected chi connectivity index (χ0v) is 22.6. The second kappa shape index (κ2) is 12.2. The molecule has 0 fully saturated rings. The second-order valence-electron chi connectivity index (χ2n) is 8.42. The number of sulfonamides is 1. The average molecular weight is 546 g/mol. The summed E-state index contributed by atoms with van der Waals surface area (Å²) in [6, 6.07) is 21.2. The minimum Gasteiger partial charge on any atom is -0.494 e. The highest BCUT2D eigenvalue weighted by Gasteiger charge is 2.14. The molecule has 0 saturated carbocycles. The van der Waals surface area contributed by atoms with Crippen molar-refractivity contribution in [2.45, 2.75) is 26.2 Å². The molecule has 0 aliphatic rings. The molecule has 11 heteroatoms. The fraction of sp³-hybridized carbons (Fsp3) is 0.269. The normalized spacial score (nSPS) is 11.6. The van der Waals surface area contributed by atoms with Crippen LogP contribution in [0.4, 0.5) is 17.1 Å². The lowest BCUT2D eigenvalue weighted by atomic mass is 10.1. The fourth-order valence-electron chi connectivity index (χ4n) is 3.74. The van der Waals surface area contributed by atoms with E-state index in [4.69, 9.17) is 14.3 Å². The van der Waals surface area contributed by atoms with Crippen LogP contribution in [0.15, 0.2) is 66.7 Å². The molecule has 9 nitrogen and oxygen atoms in total. The van der Waals surface area contributed by atoms with Crippen molar-refractivity contribution in [3.63, 3.8) is 0 Å². The molecule has 0 radical (unpaired) electrons. The third-order valence-electron chi connectivity index (χ3n) is 5.34. The van der Waals surface area contributed by atoms with E-state index < -0.39 is 20.1 Å². The number of fused-ring (bicyclic) bond motifs is 2. The van der Waals surface area contributed by atoms with E-state index in [0.29, 0.717) is 24.1 Å².